The van der Waals surface area contributed by atoms with Crippen LogP contribution in [-0.2, 0) is 5.60 Å². The highest BCUT2D eigenvalue weighted by molar-refractivity contribution is 8.01. The maximum Gasteiger partial charge on any atom is 0.131 e. The van der Waals surface area contributed by atoms with Gasteiger partial charge in [-0.3, -0.25) is 0 Å². The molecule has 0 amide bonds. The molecular weight excluding hydrogens is 324 g/mol. The molecular formula is C23H16OS. The van der Waals surface area contributed by atoms with Gasteiger partial charge in [0.2, 0.25) is 0 Å². The second-order valence-electron chi connectivity index (χ2n) is 7.80. The molecule has 1 fully saturated rings. The van der Waals surface area contributed by atoms with Crippen molar-refractivity contribution < 1.29 is 5.11 Å². The molecule has 4 aliphatic carbocycles. The van der Waals surface area contributed by atoms with Gasteiger partial charge in [-0.05, 0) is 33.9 Å². The fourth-order valence-corrected chi connectivity index (χ4v) is 8.45. The van der Waals surface area contributed by atoms with Gasteiger partial charge in [0, 0.05) is 22.6 Å². The number of hydrogen-bond acceptors (Lipinski definition) is 2. The van der Waals surface area contributed by atoms with Crippen LogP contribution in [0, 0.1) is 0 Å². The van der Waals surface area contributed by atoms with Crippen LogP contribution < -0.4 is 0 Å². The van der Waals surface area contributed by atoms with Crippen LogP contribution in [0.1, 0.15) is 45.6 Å². The lowest BCUT2D eigenvalue weighted by Gasteiger charge is -2.64. The summed E-state index contributed by atoms with van der Waals surface area (Å²) in [5.74, 6) is 1.30. The molecule has 1 nitrogen and oxygen atoms in total. The predicted octanol–water partition coefficient (Wildman–Crippen LogP) is 4.76. The minimum Gasteiger partial charge on any atom is -0.379 e. The highest BCUT2D eigenvalue weighted by Crippen LogP contribution is 2.87. The van der Waals surface area contributed by atoms with Crippen molar-refractivity contribution in [1.82, 2.24) is 0 Å². The molecule has 1 aliphatic heterocycles. The Balaban J connectivity index is 1.64. The monoisotopic (exact) mass is 340 g/mol. The molecule has 3 aromatic rings. The normalized spacial score (nSPS) is 37.6. The lowest BCUT2D eigenvalue weighted by Crippen LogP contribution is -2.65. The summed E-state index contributed by atoms with van der Waals surface area (Å²) in [6, 6.07) is 26.0. The topological polar surface area (TPSA) is 20.2 Å². The van der Waals surface area contributed by atoms with E-state index in [1.807, 2.05) is 11.8 Å². The van der Waals surface area contributed by atoms with Crippen LogP contribution in [0.5, 0.6) is 0 Å². The van der Waals surface area contributed by atoms with Crippen molar-refractivity contribution in [2.45, 2.75) is 33.0 Å². The van der Waals surface area contributed by atoms with E-state index in [0.717, 1.165) is 11.1 Å². The molecule has 120 valence electrons. The molecule has 5 aliphatic rings. The summed E-state index contributed by atoms with van der Waals surface area (Å²) in [5.41, 5.74) is 5.54. The molecule has 0 aromatic heterocycles. The molecule has 4 bridgehead atoms. The molecule has 1 saturated carbocycles. The Morgan fingerprint density at radius 2 is 1.24 bits per heavy atom. The third-order valence-corrected chi connectivity index (χ3v) is 8.87. The number of aliphatic hydroxyl groups is 1. The standard InChI is InChI=1S/C23H16OS/c24-22-16-10-4-1-7-13(16)19-20(14-8-2-5-11-17(14)22)23(22)21(19)15-9-3-6-12-18(15)25-23/h1-12,19-21,24H. The van der Waals surface area contributed by atoms with Gasteiger partial charge in [-0.2, -0.15) is 0 Å². The predicted molar refractivity (Wildman–Crippen MR) is 99.1 cm³/mol. The Labute approximate surface area is 150 Å². The van der Waals surface area contributed by atoms with Crippen LogP contribution in [0.25, 0.3) is 0 Å². The van der Waals surface area contributed by atoms with Crippen LogP contribution in [0.2, 0.25) is 0 Å². The Bertz CT molecular complexity index is 1080. The summed E-state index contributed by atoms with van der Waals surface area (Å²) in [4.78, 5) is 1.36. The van der Waals surface area contributed by atoms with E-state index in [4.69, 9.17) is 0 Å². The second-order valence-corrected chi connectivity index (χ2v) is 9.12. The summed E-state index contributed by atoms with van der Waals surface area (Å²) in [5, 5.41) is 12.3. The molecule has 2 heteroatoms. The van der Waals surface area contributed by atoms with Gasteiger partial charge in [0.1, 0.15) is 5.60 Å². The zero-order valence-corrected chi connectivity index (χ0v) is 14.3. The van der Waals surface area contributed by atoms with Crippen molar-refractivity contribution >= 4 is 11.8 Å². The zero-order chi connectivity index (χ0) is 16.4. The Hall–Kier alpha value is -2.03. The van der Waals surface area contributed by atoms with Crippen molar-refractivity contribution in [2.75, 3.05) is 0 Å². The first-order valence-electron chi connectivity index (χ1n) is 8.97. The Morgan fingerprint density at radius 1 is 0.680 bits per heavy atom. The summed E-state index contributed by atoms with van der Waals surface area (Å²) in [7, 11) is 0. The average molecular weight is 340 g/mol. The first kappa shape index (κ1) is 13.2. The van der Waals surface area contributed by atoms with Crippen molar-refractivity contribution in [3.8, 4) is 0 Å². The van der Waals surface area contributed by atoms with Gasteiger partial charge in [-0.15, -0.1) is 11.8 Å². The van der Waals surface area contributed by atoms with Gasteiger partial charge in [-0.1, -0.05) is 66.7 Å². The summed E-state index contributed by atoms with van der Waals surface area (Å²) >= 11 is 1.94. The highest BCUT2D eigenvalue weighted by Gasteiger charge is 2.82. The van der Waals surface area contributed by atoms with Crippen LogP contribution in [-0.4, -0.2) is 9.85 Å². The third-order valence-electron chi connectivity index (χ3n) is 7.14. The zero-order valence-electron chi connectivity index (χ0n) is 13.5. The van der Waals surface area contributed by atoms with Gasteiger partial charge in [0.15, 0.2) is 0 Å². The van der Waals surface area contributed by atoms with E-state index in [9.17, 15) is 5.11 Å². The number of fused-ring (bicyclic) bond motifs is 2. The van der Waals surface area contributed by atoms with E-state index in [1.54, 1.807) is 0 Å². The largest absolute Gasteiger partial charge is 0.379 e. The SMILES string of the molecule is OC12c3ccccc3C3C4c5ccccc5SC41C3c1ccccc12. The van der Waals surface area contributed by atoms with Crippen LogP contribution in [0.15, 0.2) is 77.7 Å². The summed E-state index contributed by atoms with van der Waals surface area (Å²) < 4.78 is -0.167. The number of rotatable bonds is 0. The van der Waals surface area contributed by atoms with Gasteiger partial charge in [0.05, 0.1) is 4.75 Å². The minimum atomic E-state index is -0.895. The minimum absolute atomic E-state index is 0.167. The van der Waals surface area contributed by atoms with Crippen molar-refractivity contribution in [3.05, 3.63) is 101 Å². The first-order valence-corrected chi connectivity index (χ1v) is 9.79. The van der Waals surface area contributed by atoms with E-state index < -0.39 is 5.60 Å². The highest BCUT2D eigenvalue weighted by atomic mass is 32.2. The first-order chi connectivity index (χ1) is 12.3. The fraction of sp³-hybridized carbons (Fsp3) is 0.217. The van der Waals surface area contributed by atoms with E-state index in [0.29, 0.717) is 17.8 Å². The number of thioether (sulfide) groups is 1. The molecule has 25 heavy (non-hydrogen) atoms. The summed E-state index contributed by atoms with van der Waals surface area (Å²) in [6.45, 7) is 0. The van der Waals surface area contributed by atoms with E-state index in [1.165, 1.54) is 21.6 Å². The van der Waals surface area contributed by atoms with Crippen LogP contribution >= 0.6 is 11.8 Å². The van der Waals surface area contributed by atoms with Crippen LogP contribution in [0.4, 0.5) is 0 Å². The molecule has 3 aromatic carbocycles. The van der Waals surface area contributed by atoms with Gasteiger partial charge >= 0.3 is 0 Å². The number of benzene rings is 3. The summed E-state index contributed by atoms with van der Waals surface area (Å²) in [6.07, 6.45) is 0. The molecule has 1 N–H and O–H groups in total. The van der Waals surface area contributed by atoms with E-state index >= 15 is 0 Å². The van der Waals surface area contributed by atoms with Gasteiger partial charge in [0.25, 0.3) is 0 Å². The van der Waals surface area contributed by atoms with Crippen LogP contribution in [0.3, 0.4) is 0 Å². The third kappa shape index (κ3) is 1.11. The van der Waals surface area contributed by atoms with E-state index in [-0.39, 0.29) is 4.75 Å². The smallest absolute Gasteiger partial charge is 0.131 e. The maximum absolute atomic E-state index is 12.3. The van der Waals surface area contributed by atoms with E-state index in [2.05, 4.69) is 72.8 Å². The molecule has 5 unspecified atom stereocenters. The quantitative estimate of drug-likeness (QED) is 0.637. The van der Waals surface area contributed by atoms with Crippen molar-refractivity contribution in [2.24, 2.45) is 0 Å². The molecule has 0 radical (unpaired) electrons. The molecule has 8 rings (SSSR count). The lowest BCUT2D eigenvalue weighted by molar-refractivity contribution is -0.0312. The Kier molecular flexibility index (Phi) is 2.04. The molecule has 1 spiro atoms. The lowest BCUT2D eigenvalue weighted by atomic mass is 9.44. The van der Waals surface area contributed by atoms with Crippen molar-refractivity contribution in [3.63, 3.8) is 0 Å². The molecule has 5 atom stereocenters. The average Bonchev–Trinajstić information content (AvgIpc) is 2.99. The molecule has 0 saturated heterocycles. The van der Waals surface area contributed by atoms with Gasteiger partial charge < -0.3 is 5.11 Å². The van der Waals surface area contributed by atoms with Gasteiger partial charge in [-0.25, -0.2) is 0 Å². The fourth-order valence-electron chi connectivity index (χ4n) is 6.45. The number of hydrogen-bond donors (Lipinski definition) is 1. The Morgan fingerprint density at radius 3 is 2.04 bits per heavy atom. The molecule has 1 heterocycles. The maximum atomic E-state index is 12.3. The second kappa shape index (κ2) is 3.87. The van der Waals surface area contributed by atoms with Crippen molar-refractivity contribution in [1.29, 1.82) is 0 Å².